The molecule has 0 saturated heterocycles. The van der Waals surface area contributed by atoms with Gasteiger partial charge in [-0.25, -0.2) is 4.98 Å². The summed E-state index contributed by atoms with van der Waals surface area (Å²) in [6.45, 7) is 0. The van der Waals surface area contributed by atoms with Gasteiger partial charge >= 0.3 is 0 Å². The van der Waals surface area contributed by atoms with E-state index in [0.717, 1.165) is 77.8 Å². The van der Waals surface area contributed by atoms with Crippen LogP contribution in [-0.2, 0) is 0 Å². The van der Waals surface area contributed by atoms with Crippen molar-refractivity contribution in [3.63, 3.8) is 0 Å². The number of anilines is 3. The standard InChI is InChI=1S/C36H21N3O/c1-4-13-30-25(8-1)27-20-21-37-34-29-10-2-5-14-31(29)39(36(38-30)33(27)34)23-18-16-22(17-19-23)24-11-7-12-28-26-9-3-6-15-32(26)40-35(24)28/h1-21H. The van der Waals surface area contributed by atoms with Gasteiger partial charge in [-0.2, -0.15) is 0 Å². The number of benzene rings is 5. The number of aromatic nitrogens is 2. The van der Waals surface area contributed by atoms with Crippen LogP contribution in [0.15, 0.2) is 132 Å². The van der Waals surface area contributed by atoms with Crippen molar-refractivity contribution in [2.24, 2.45) is 0 Å². The van der Waals surface area contributed by atoms with E-state index in [2.05, 4.69) is 108 Å². The van der Waals surface area contributed by atoms with E-state index >= 15 is 0 Å². The molecule has 9 rings (SSSR count). The van der Waals surface area contributed by atoms with E-state index in [-0.39, 0.29) is 0 Å². The molecule has 4 nitrogen and oxygen atoms in total. The van der Waals surface area contributed by atoms with Crippen LogP contribution in [0, 0.1) is 0 Å². The van der Waals surface area contributed by atoms with Crippen LogP contribution in [0.5, 0.6) is 0 Å². The molecule has 0 bridgehead atoms. The molecule has 0 unspecified atom stereocenters. The molecule has 0 saturated carbocycles. The zero-order valence-corrected chi connectivity index (χ0v) is 21.4. The summed E-state index contributed by atoms with van der Waals surface area (Å²) in [5.74, 6) is 0.905. The average molecular weight is 512 g/mol. The molecule has 0 amide bonds. The molecule has 8 aromatic rings. The molecule has 0 fully saturated rings. The lowest BCUT2D eigenvalue weighted by Crippen LogP contribution is -2.17. The van der Waals surface area contributed by atoms with Crippen LogP contribution >= 0.6 is 0 Å². The molecule has 0 spiro atoms. The Labute approximate surface area is 229 Å². The molecule has 0 atom stereocenters. The van der Waals surface area contributed by atoms with Gasteiger partial charge in [0, 0.05) is 39.2 Å². The highest BCUT2D eigenvalue weighted by molar-refractivity contribution is 6.19. The van der Waals surface area contributed by atoms with Crippen molar-refractivity contribution in [2.45, 2.75) is 0 Å². The third-order valence-electron chi connectivity index (χ3n) is 8.05. The summed E-state index contributed by atoms with van der Waals surface area (Å²) >= 11 is 0. The smallest absolute Gasteiger partial charge is 0.148 e. The summed E-state index contributed by atoms with van der Waals surface area (Å²) in [6, 6.07) is 42.2. The van der Waals surface area contributed by atoms with Gasteiger partial charge in [0.05, 0.1) is 22.3 Å². The van der Waals surface area contributed by atoms with E-state index in [4.69, 9.17) is 14.4 Å². The lowest BCUT2D eigenvalue weighted by molar-refractivity contribution is 0.670. The third-order valence-corrected chi connectivity index (χ3v) is 8.05. The predicted molar refractivity (Wildman–Crippen MR) is 163 cm³/mol. The quantitative estimate of drug-likeness (QED) is 0.217. The number of para-hydroxylation sites is 4. The van der Waals surface area contributed by atoms with Gasteiger partial charge in [-0.3, -0.25) is 9.88 Å². The van der Waals surface area contributed by atoms with Gasteiger partial charge in [-0.15, -0.1) is 0 Å². The number of pyridine rings is 2. The van der Waals surface area contributed by atoms with Crippen molar-refractivity contribution < 1.29 is 4.42 Å². The zero-order chi connectivity index (χ0) is 26.2. The first-order valence-corrected chi connectivity index (χ1v) is 13.4. The Bertz CT molecular complexity index is 2280. The van der Waals surface area contributed by atoms with Crippen molar-refractivity contribution in [1.82, 2.24) is 9.97 Å². The molecule has 0 radical (unpaired) electrons. The molecular weight excluding hydrogens is 490 g/mol. The summed E-state index contributed by atoms with van der Waals surface area (Å²) in [5.41, 5.74) is 9.19. The second-order valence-corrected chi connectivity index (χ2v) is 10.2. The van der Waals surface area contributed by atoms with Gasteiger partial charge in [0.25, 0.3) is 0 Å². The monoisotopic (exact) mass is 511 g/mol. The maximum absolute atomic E-state index is 6.32. The summed E-state index contributed by atoms with van der Waals surface area (Å²) in [5, 5.41) is 5.65. The maximum atomic E-state index is 6.32. The number of furan rings is 1. The minimum absolute atomic E-state index is 0.905. The van der Waals surface area contributed by atoms with E-state index in [0.29, 0.717) is 0 Å². The molecule has 1 aliphatic rings. The Hall–Kier alpha value is -5.48. The minimum atomic E-state index is 0.905. The summed E-state index contributed by atoms with van der Waals surface area (Å²) in [4.78, 5) is 12.3. The highest BCUT2D eigenvalue weighted by atomic mass is 16.3. The number of rotatable bonds is 2. The van der Waals surface area contributed by atoms with Gasteiger partial charge in [0.1, 0.15) is 17.0 Å². The Morgan fingerprint density at radius 1 is 0.575 bits per heavy atom. The van der Waals surface area contributed by atoms with Gasteiger partial charge in [-0.1, -0.05) is 84.9 Å². The van der Waals surface area contributed by atoms with E-state index < -0.39 is 0 Å². The highest BCUT2D eigenvalue weighted by Crippen LogP contribution is 2.50. The van der Waals surface area contributed by atoms with Crippen molar-refractivity contribution in [1.29, 1.82) is 0 Å². The summed E-state index contributed by atoms with van der Waals surface area (Å²) in [7, 11) is 0. The van der Waals surface area contributed by atoms with Crippen LogP contribution in [-0.4, -0.2) is 9.97 Å². The Morgan fingerprint density at radius 2 is 1.32 bits per heavy atom. The average Bonchev–Trinajstić information content (AvgIpc) is 3.41. The zero-order valence-electron chi connectivity index (χ0n) is 21.4. The second kappa shape index (κ2) is 8.01. The minimum Gasteiger partial charge on any atom is -0.455 e. The SMILES string of the molecule is c1ccc2c(c1)-c1nccc3c1c(nc1ccccc13)N2c1ccc(-c2cccc3c2oc2ccccc23)cc1. The highest BCUT2D eigenvalue weighted by Gasteiger charge is 2.29. The molecule has 186 valence electrons. The van der Waals surface area contributed by atoms with Crippen molar-refractivity contribution in [3.05, 3.63) is 128 Å². The normalized spacial score (nSPS) is 12.4. The second-order valence-electron chi connectivity index (χ2n) is 10.2. The van der Waals surface area contributed by atoms with Crippen LogP contribution in [0.4, 0.5) is 17.2 Å². The van der Waals surface area contributed by atoms with Gasteiger partial charge in [0.15, 0.2) is 0 Å². The van der Waals surface area contributed by atoms with E-state index in [1.807, 2.05) is 24.4 Å². The van der Waals surface area contributed by atoms with Gasteiger partial charge in [0.2, 0.25) is 0 Å². The molecule has 40 heavy (non-hydrogen) atoms. The van der Waals surface area contributed by atoms with Crippen LogP contribution in [0.2, 0.25) is 0 Å². The number of hydrogen-bond donors (Lipinski definition) is 0. The first kappa shape index (κ1) is 21.5. The first-order chi connectivity index (χ1) is 19.8. The van der Waals surface area contributed by atoms with E-state index in [1.165, 1.54) is 5.39 Å². The van der Waals surface area contributed by atoms with Crippen LogP contribution < -0.4 is 4.90 Å². The molecule has 0 N–H and O–H groups in total. The topological polar surface area (TPSA) is 42.2 Å². The molecule has 1 aliphatic heterocycles. The molecule has 4 heterocycles. The Balaban J connectivity index is 1.26. The van der Waals surface area contributed by atoms with Crippen molar-refractivity contribution >= 4 is 60.8 Å². The molecule has 0 aliphatic carbocycles. The summed E-state index contributed by atoms with van der Waals surface area (Å²) in [6.07, 6.45) is 1.91. The third kappa shape index (κ3) is 2.90. The van der Waals surface area contributed by atoms with Crippen molar-refractivity contribution in [3.8, 4) is 22.4 Å². The fourth-order valence-corrected chi connectivity index (χ4v) is 6.26. The van der Waals surface area contributed by atoms with E-state index in [1.54, 1.807) is 0 Å². The largest absolute Gasteiger partial charge is 0.455 e. The Kier molecular flexibility index (Phi) is 4.30. The van der Waals surface area contributed by atoms with Crippen LogP contribution in [0.3, 0.4) is 0 Å². The maximum Gasteiger partial charge on any atom is 0.148 e. The van der Waals surface area contributed by atoms with Crippen molar-refractivity contribution in [2.75, 3.05) is 4.90 Å². The molecule has 3 aromatic heterocycles. The fraction of sp³-hybridized carbons (Fsp3) is 0. The fourth-order valence-electron chi connectivity index (χ4n) is 6.26. The predicted octanol–water partition coefficient (Wildman–Crippen LogP) is 9.80. The van der Waals surface area contributed by atoms with Crippen LogP contribution in [0.1, 0.15) is 0 Å². The number of fused-ring (bicyclic) bond motifs is 7. The summed E-state index contributed by atoms with van der Waals surface area (Å²) < 4.78 is 6.32. The van der Waals surface area contributed by atoms with Crippen LogP contribution in [0.25, 0.3) is 66.0 Å². The molecule has 4 heteroatoms. The van der Waals surface area contributed by atoms with E-state index in [9.17, 15) is 0 Å². The lowest BCUT2D eigenvalue weighted by Gasteiger charge is -2.32. The Morgan fingerprint density at radius 3 is 2.25 bits per heavy atom. The van der Waals surface area contributed by atoms with Gasteiger partial charge < -0.3 is 4.42 Å². The van der Waals surface area contributed by atoms with Gasteiger partial charge in [-0.05, 0) is 47.3 Å². The lowest BCUT2D eigenvalue weighted by atomic mass is 9.95. The number of nitrogens with zero attached hydrogens (tertiary/aromatic N) is 3. The molecular formula is C36H21N3O. The number of hydrogen-bond acceptors (Lipinski definition) is 4. The first-order valence-electron chi connectivity index (χ1n) is 13.4. The molecule has 5 aromatic carbocycles.